The van der Waals surface area contributed by atoms with Crippen molar-refractivity contribution in [3.63, 3.8) is 0 Å². The Bertz CT molecular complexity index is 746. The fourth-order valence-corrected chi connectivity index (χ4v) is 2.87. The van der Waals surface area contributed by atoms with Crippen LogP contribution in [-0.2, 0) is 11.3 Å². The maximum atomic E-state index is 11.9. The highest BCUT2D eigenvalue weighted by molar-refractivity contribution is 7.07. The molecule has 0 spiro atoms. The molecule has 0 aliphatic heterocycles. The SMILES string of the molecule is CC(=O)c1cccc(NC(=O)CCCn2c(C)csc2=O)c1. The summed E-state index contributed by atoms with van der Waals surface area (Å²) in [6, 6.07) is 6.86. The van der Waals surface area contributed by atoms with Crippen LogP contribution in [0.5, 0.6) is 0 Å². The van der Waals surface area contributed by atoms with Crippen LogP contribution in [-0.4, -0.2) is 16.3 Å². The third kappa shape index (κ3) is 4.14. The zero-order chi connectivity index (χ0) is 16.1. The minimum atomic E-state index is -0.123. The first-order chi connectivity index (χ1) is 10.5. The van der Waals surface area contributed by atoms with Gasteiger partial charge in [-0.3, -0.25) is 14.4 Å². The first-order valence-electron chi connectivity index (χ1n) is 7.03. The molecule has 0 unspecified atom stereocenters. The number of nitrogens with one attached hydrogen (secondary N) is 1. The number of benzene rings is 1. The molecule has 0 fully saturated rings. The van der Waals surface area contributed by atoms with Gasteiger partial charge in [0.15, 0.2) is 5.78 Å². The first kappa shape index (κ1) is 16.2. The second-order valence-electron chi connectivity index (χ2n) is 5.08. The second-order valence-corrected chi connectivity index (χ2v) is 5.90. The average molecular weight is 318 g/mol. The Hall–Kier alpha value is -2.21. The van der Waals surface area contributed by atoms with E-state index in [9.17, 15) is 14.4 Å². The monoisotopic (exact) mass is 318 g/mol. The lowest BCUT2D eigenvalue weighted by atomic mass is 10.1. The van der Waals surface area contributed by atoms with E-state index in [1.165, 1.54) is 18.3 Å². The van der Waals surface area contributed by atoms with Crippen molar-refractivity contribution in [2.45, 2.75) is 33.2 Å². The van der Waals surface area contributed by atoms with E-state index in [1.807, 2.05) is 12.3 Å². The van der Waals surface area contributed by atoms with Gasteiger partial charge in [-0.25, -0.2) is 0 Å². The largest absolute Gasteiger partial charge is 0.326 e. The number of hydrogen-bond donors (Lipinski definition) is 1. The first-order valence-corrected chi connectivity index (χ1v) is 7.91. The summed E-state index contributed by atoms with van der Waals surface area (Å²) < 4.78 is 1.67. The van der Waals surface area contributed by atoms with Gasteiger partial charge in [0.2, 0.25) is 5.91 Å². The average Bonchev–Trinajstić information content (AvgIpc) is 2.79. The van der Waals surface area contributed by atoms with Crippen LogP contribution in [0, 0.1) is 6.92 Å². The molecule has 1 amide bonds. The molecule has 22 heavy (non-hydrogen) atoms. The maximum absolute atomic E-state index is 11.9. The molecule has 2 aromatic rings. The van der Waals surface area contributed by atoms with Crippen molar-refractivity contribution in [1.29, 1.82) is 0 Å². The van der Waals surface area contributed by atoms with Gasteiger partial charge in [-0.15, -0.1) is 0 Å². The van der Waals surface area contributed by atoms with Gasteiger partial charge in [-0.2, -0.15) is 0 Å². The number of amides is 1. The molecule has 0 atom stereocenters. The molecular weight excluding hydrogens is 300 g/mol. The predicted octanol–water partition coefficient (Wildman–Crippen LogP) is 2.84. The summed E-state index contributed by atoms with van der Waals surface area (Å²) in [7, 11) is 0. The van der Waals surface area contributed by atoms with Gasteiger partial charge in [-0.1, -0.05) is 23.5 Å². The third-order valence-corrected chi connectivity index (χ3v) is 4.20. The van der Waals surface area contributed by atoms with Crippen molar-refractivity contribution >= 4 is 28.7 Å². The number of rotatable bonds is 6. The van der Waals surface area contributed by atoms with Crippen LogP contribution < -0.4 is 10.2 Å². The van der Waals surface area contributed by atoms with Gasteiger partial charge in [0.25, 0.3) is 0 Å². The Morgan fingerprint density at radius 2 is 2.09 bits per heavy atom. The van der Waals surface area contributed by atoms with Crippen LogP contribution >= 0.6 is 11.3 Å². The van der Waals surface area contributed by atoms with Crippen LogP contribution in [0.1, 0.15) is 35.8 Å². The van der Waals surface area contributed by atoms with Crippen molar-refractivity contribution < 1.29 is 9.59 Å². The van der Waals surface area contributed by atoms with E-state index >= 15 is 0 Å². The van der Waals surface area contributed by atoms with E-state index in [2.05, 4.69) is 5.32 Å². The third-order valence-electron chi connectivity index (χ3n) is 3.31. The summed E-state index contributed by atoms with van der Waals surface area (Å²) in [5.41, 5.74) is 2.10. The van der Waals surface area contributed by atoms with Gasteiger partial charge in [0.1, 0.15) is 0 Å². The number of carbonyl (C=O) groups is 2. The highest BCUT2D eigenvalue weighted by atomic mass is 32.1. The second kappa shape index (κ2) is 7.17. The Labute approximate surface area is 132 Å². The zero-order valence-electron chi connectivity index (χ0n) is 12.6. The van der Waals surface area contributed by atoms with Crippen molar-refractivity contribution in [2.75, 3.05) is 5.32 Å². The number of Topliss-reactive ketones (excluding diaryl/α,β-unsaturated/α-hetero) is 1. The number of ketones is 1. The number of thiazole rings is 1. The van der Waals surface area contributed by atoms with Crippen molar-refractivity contribution in [3.05, 3.63) is 50.6 Å². The molecular formula is C16H18N2O3S. The zero-order valence-corrected chi connectivity index (χ0v) is 13.4. The quantitative estimate of drug-likeness (QED) is 0.833. The van der Waals surface area contributed by atoms with Crippen molar-refractivity contribution in [1.82, 2.24) is 4.57 Å². The molecule has 6 heteroatoms. The molecule has 5 nitrogen and oxygen atoms in total. The van der Waals surface area contributed by atoms with Gasteiger partial charge in [-0.05, 0) is 32.4 Å². The van der Waals surface area contributed by atoms with Gasteiger partial charge in [0, 0.05) is 35.3 Å². The summed E-state index contributed by atoms with van der Waals surface area (Å²) in [4.78, 5) is 34.8. The molecule has 1 aromatic carbocycles. The number of hydrogen-bond acceptors (Lipinski definition) is 4. The number of aryl methyl sites for hydroxylation is 1. The van der Waals surface area contributed by atoms with E-state index < -0.39 is 0 Å². The summed E-state index contributed by atoms with van der Waals surface area (Å²) in [5.74, 6) is -0.162. The Balaban J connectivity index is 1.87. The molecule has 2 rings (SSSR count). The molecule has 0 aliphatic carbocycles. The van der Waals surface area contributed by atoms with Crippen LogP contribution in [0.3, 0.4) is 0 Å². The fourth-order valence-electron chi connectivity index (χ4n) is 2.11. The highest BCUT2D eigenvalue weighted by Crippen LogP contribution is 2.12. The number of aromatic nitrogens is 1. The summed E-state index contributed by atoms with van der Waals surface area (Å²) in [6.07, 6.45) is 0.918. The minimum absolute atomic E-state index is 0.00654. The lowest BCUT2D eigenvalue weighted by molar-refractivity contribution is -0.116. The summed E-state index contributed by atoms with van der Waals surface area (Å²) in [6.45, 7) is 3.90. The van der Waals surface area contributed by atoms with E-state index in [0.717, 1.165) is 5.69 Å². The Morgan fingerprint density at radius 3 is 2.73 bits per heavy atom. The fraction of sp³-hybridized carbons (Fsp3) is 0.312. The Kier molecular flexibility index (Phi) is 5.27. The molecule has 1 N–H and O–H groups in total. The lowest BCUT2D eigenvalue weighted by Gasteiger charge is -2.07. The molecule has 116 valence electrons. The predicted molar refractivity (Wildman–Crippen MR) is 87.6 cm³/mol. The standard InChI is InChI=1S/C16H18N2O3S/c1-11-10-22-16(21)18(11)8-4-7-15(20)17-14-6-3-5-13(9-14)12(2)19/h3,5-6,9-10H,4,7-8H2,1-2H3,(H,17,20). The topological polar surface area (TPSA) is 68.2 Å². The van der Waals surface area contributed by atoms with Crippen LogP contribution in [0.2, 0.25) is 0 Å². The van der Waals surface area contributed by atoms with Crippen LogP contribution in [0.15, 0.2) is 34.4 Å². The Morgan fingerprint density at radius 1 is 1.32 bits per heavy atom. The number of anilines is 1. The molecule has 0 radical (unpaired) electrons. The molecule has 0 bridgehead atoms. The maximum Gasteiger partial charge on any atom is 0.307 e. The van der Waals surface area contributed by atoms with E-state index in [0.29, 0.717) is 30.6 Å². The van der Waals surface area contributed by atoms with E-state index in [-0.39, 0.29) is 16.6 Å². The number of nitrogens with zero attached hydrogens (tertiary/aromatic N) is 1. The molecule has 1 heterocycles. The molecule has 0 saturated carbocycles. The van der Waals surface area contributed by atoms with Crippen LogP contribution in [0.4, 0.5) is 5.69 Å². The summed E-state index contributed by atoms with van der Waals surface area (Å²) >= 11 is 1.17. The molecule has 0 saturated heterocycles. The minimum Gasteiger partial charge on any atom is -0.326 e. The van der Waals surface area contributed by atoms with E-state index in [4.69, 9.17) is 0 Å². The normalized spacial score (nSPS) is 10.5. The van der Waals surface area contributed by atoms with Gasteiger partial charge >= 0.3 is 4.87 Å². The summed E-state index contributed by atoms with van der Waals surface area (Å²) in [5, 5.41) is 4.59. The van der Waals surface area contributed by atoms with Crippen LogP contribution in [0.25, 0.3) is 0 Å². The highest BCUT2D eigenvalue weighted by Gasteiger charge is 2.07. The smallest absolute Gasteiger partial charge is 0.307 e. The van der Waals surface area contributed by atoms with Crippen molar-refractivity contribution in [3.8, 4) is 0 Å². The molecule has 0 aliphatic rings. The van der Waals surface area contributed by atoms with Gasteiger partial charge < -0.3 is 9.88 Å². The molecule has 1 aromatic heterocycles. The van der Waals surface area contributed by atoms with Crippen molar-refractivity contribution in [2.24, 2.45) is 0 Å². The lowest BCUT2D eigenvalue weighted by Crippen LogP contribution is -2.17. The number of carbonyl (C=O) groups excluding carboxylic acids is 2. The van der Waals surface area contributed by atoms with E-state index in [1.54, 1.807) is 28.8 Å². The van der Waals surface area contributed by atoms with Gasteiger partial charge in [0.05, 0.1) is 0 Å².